The van der Waals surface area contributed by atoms with Crippen LogP contribution in [0.2, 0.25) is 0 Å². The molecule has 3 aromatic carbocycles. The van der Waals surface area contributed by atoms with Crippen molar-refractivity contribution in [3.63, 3.8) is 0 Å². The maximum Gasteiger partial charge on any atom is 0.430 e. The van der Waals surface area contributed by atoms with E-state index in [-0.39, 0.29) is 5.91 Å². The number of aliphatic carboxylic acids is 1. The van der Waals surface area contributed by atoms with Gasteiger partial charge in [-0.15, -0.1) is 0 Å². The van der Waals surface area contributed by atoms with Crippen molar-refractivity contribution in [3.8, 4) is 11.5 Å². The standard InChI is InChI=1S/C38H44N4O2.C2HF3O2/c39-16-3-1-2-4-17-40-38(43)28-11-5-10-25(22-28)33-31-23-26-12-6-18-41-20-8-14-29(34(26)41)36(31)44-37-30-15-9-21-42-19-7-13-27(35(30)42)24-32(33)37;3-2(4,5)1(6)7/h5,10-11,22-24H,1-4,6-9,12-21,39H2;(H,6,7). The van der Waals surface area contributed by atoms with Gasteiger partial charge in [0.15, 0.2) is 0 Å². The van der Waals surface area contributed by atoms with Gasteiger partial charge in [-0.05, 0) is 93.3 Å². The number of hydrogen-bond donors (Lipinski definition) is 2. The van der Waals surface area contributed by atoms with Crippen molar-refractivity contribution in [2.24, 2.45) is 5.73 Å². The minimum atomic E-state index is -5.19. The number of fused-ring (bicyclic) bond motifs is 4. The van der Waals surface area contributed by atoms with Crippen molar-refractivity contribution in [2.75, 3.05) is 44.2 Å². The number of carbonyl (C=O) groups excluding carboxylic acids is 2. The Bertz CT molecular complexity index is 1980. The van der Waals surface area contributed by atoms with E-state index in [9.17, 15) is 18.0 Å². The van der Waals surface area contributed by atoms with Gasteiger partial charge in [0, 0.05) is 71.2 Å². The maximum atomic E-state index is 13.4. The molecule has 11 heteroatoms. The van der Waals surface area contributed by atoms with Gasteiger partial charge in [0.25, 0.3) is 5.91 Å². The number of carboxylic acid groups (broad SMARTS) is 1. The molecule has 5 heterocycles. The van der Waals surface area contributed by atoms with Gasteiger partial charge in [-0.3, -0.25) is 4.79 Å². The molecule has 0 saturated carbocycles. The van der Waals surface area contributed by atoms with Gasteiger partial charge in [0.2, 0.25) is 5.36 Å². The average Bonchev–Trinajstić information content (AvgIpc) is 3.13. The topological polar surface area (TPSA) is 111 Å². The van der Waals surface area contributed by atoms with E-state index in [0.29, 0.717) is 6.54 Å². The second kappa shape index (κ2) is 14.7. The quantitative estimate of drug-likeness (QED) is 0.214. The van der Waals surface area contributed by atoms with Crippen LogP contribution >= 0.6 is 0 Å². The monoisotopic (exact) mass is 702 g/mol. The van der Waals surface area contributed by atoms with E-state index in [1.54, 1.807) is 0 Å². The lowest BCUT2D eigenvalue weighted by atomic mass is 9.82. The number of alkyl halides is 3. The Labute approximate surface area is 295 Å². The van der Waals surface area contributed by atoms with Crippen molar-refractivity contribution in [1.82, 2.24) is 9.89 Å². The molecule has 1 amide bonds. The highest BCUT2D eigenvalue weighted by molar-refractivity contribution is 5.96. The largest absolute Gasteiger partial charge is 0.542 e. The predicted octanol–water partition coefficient (Wildman–Crippen LogP) is 3.67. The number of carbonyl (C=O) groups is 2. The molecule has 8 rings (SSSR count). The smallest absolute Gasteiger partial charge is 0.430 e. The third-order valence-corrected chi connectivity index (χ3v) is 10.7. The number of amides is 1. The van der Waals surface area contributed by atoms with Crippen molar-refractivity contribution in [3.05, 3.63) is 85.9 Å². The molecule has 51 heavy (non-hydrogen) atoms. The van der Waals surface area contributed by atoms with Crippen LogP contribution in [0.15, 0.2) is 36.4 Å². The van der Waals surface area contributed by atoms with Crippen LogP contribution in [-0.2, 0) is 30.5 Å². The number of aryl methyl sites for hydroxylation is 2. The zero-order chi connectivity index (χ0) is 35.7. The van der Waals surface area contributed by atoms with Crippen LogP contribution < -0.4 is 40.9 Å². The molecule has 5 aliphatic heterocycles. The number of ether oxygens (including phenoxy) is 1. The Morgan fingerprint density at radius 2 is 1.59 bits per heavy atom. The van der Waals surface area contributed by atoms with Crippen LogP contribution in [0.4, 0.5) is 18.9 Å². The Hall–Kier alpha value is -4.38. The summed E-state index contributed by atoms with van der Waals surface area (Å²) in [7, 11) is 0. The first-order valence-electron chi connectivity index (χ1n) is 18.5. The predicted molar refractivity (Wildman–Crippen MR) is 188 cm³/mol. The number of carboxylic acids is 1. The van der Waals surface area contributed by atoms with E-state index < -0.39 is 12.1 Å². The molecule has 0 aromatic heterocycles. The molecule has 0 radical (unpaired) electrons. The van der Waals surface area contributed by atoms with E-state index >= 15 is 0 Å². The van der Waals surface area contributed by atoms with Crippen LogP contribution in [0, 0.1) is 0 Å². The summed E-state index contributed by atoms with van der Waals surface area (Å²) in [5, 5.41) is 14.6. The first-order chi connectivity index (χ1) is 24.7. The summed E-state index contributed by atoms with van der Waals surface area (Å²) in [6.45, 7) is 6.00. The molecular formula is C40H45F3N4O4. The number of nitrogens with two attached hydrogens (primary N) is 1. The first kappa shape index (κ1) is 35.0. The fourth-order valence-electron chi connectivity index (χ4n) is 8.57. The molecule has 0 bridgehead atoms. The highest BCUT2D eigenvalue weighted by Gasteiger charge is 2.35. The van der Waals surface area contributed by atoms with E-state index in [4.69, 9.17) is 20.4 Å². The van der Waals surface area contributed by atoms with Gasteiger partial charge in [-0.2, -0.15) is 13.2 Å². The summed E-state index contributed by atoms with van der Waals surface area (Å²) in [6.07, 6.45) is 8.14. The number of halogens is 3. The third-order valence-electron chi connectivity index (χ3n) is 10.7. The molecule has 3 aromatic rings. The van der Waals surface area contributed by atoms with Crippen molar-refractivity contribution >= 4 is 23.1 Å². The van der Waals surface area contributed by atoms with E-state index in [2.05, 4.69) is 45.1 Å². The lowest BCUT2D eigenvalue weighted by molar-refractivity contribution is -0.344. The van der Waals surface area contributed by atoms with Gasteiger partial charge in [0.05, 0.1) is 5.56 Å². The van der Waals surface area contributed by atoms with Crippen LogP contribution in [0.25, 0.3) is 5.57 Å². The average molecular weight is 703 g/mol. The zero-order valence-electron chi connectivity index (χ0n) is 28.9. The first-order valence-corrected chi connectivity index (χ1v) is 18.5. The minimum absolute atomic E-state index is 0.00568. The molecule has 0 aliphatic carbocycles. The number of anilines is 1. The van der Waals surface area contributed by atoms with Gasteiger partial charge in [0.1, 0.15) is 30.6 Å². The summed E-state index contributed by atoms with van der Waals surface area (Å²) >= 11 is 0. The Morgan fingerprint density at radius 3 is 2.35 bits per heavy atom. The SMILES string of the molecule is NCCCCCCNC(=O)c1cccc(C2=c3cc4c5c(c3Oc3c2cc2c6c3CCCN6CCC2)CCC[N+]=5CCC4)c1.O=C([O-])C(F)(F)F. The van der Waals surface area contributed by atoms with Crippen LogP contribution in [-0.4, -0.2) is 57.3 Å². The van der Waals surface area contributed by atoms with Gasteiger partial charge in [-0.25, -0.2) is 4.58 Å². The Morgan fingerprint density at radius 1 is 0.882 bits per heavy atom. The molecule has 3 N–H and O–H groups in total. The van der Waals surface area contributed by atoms with E-state index in [1.807, 2.05) is 6.07 Å². The van der Waals surface area contributed by atoms with Crippen LogP contribution in [0.5, 0.6) is 11.5 Å². The van der Waals surface area contributed by atoms with E-state index in [1.165, 1.54) is 75.3 Å². The fourth-order valence-corrected chi connectivity index (χ4v) is 8.57. The molecular weight excluding hydrogens is 657 g/mol. The van der Waals surface area contributed by atoms with Crippen molar-refractivity contribution in [2.45, 2.75) is 83.2 Å². The zero-order valence-corrected chi connectivity index (χ0v) is 28.9. The lowest BCUT2D eigenvalue weighted by Gasteiger charge is -2.39. The summed E-state index contributed by atoms with van der Waals surface area (Å²) in [5.41, 5.74) is 17.1. The van der Waals surface area contributed by atoms with Gasteiger partial charge < -0.3 is 30.6 Å². The van der Waals surface area contributed by atoms with Gasteiger partial charge >= 0.3 is 6.18 Å². The molecule has 8 nitrogen and oxygen atoms in total. The number of hydrogen-bond acceptors (Lipinski definition) is 6. The summed E-state index contributed by atoms with van der Waals surface area (Å²) in [5.74, 6) is -0.873. The number of unbranched alkanes of at least 4 members (excludes halogenated alkanes) is 3. The van der Waals surface area contributed by atoms with Crippen molar-refractivity contribution in [1.29, 1.82) is 0 Å². The second-order valence-electron chi connectivity index (χ2n) is 14.2. The summed E-state index contributed by atoms with van der Waals surface area (Å²) in [4.78, 5) is 24.7. The molecule has 0 fully saturated rings. The minimum Gasteiger partial charge on any atom is -0.542 e. The maximum absolute atomic E-state index is 13.4. The molecule has 270 valence electrons. The molecule has 0 unspecified atom stereocenters. The summed E-state index contributed by atoms with van der Waals surface area (Å²) < 4.78 is 41.3. The highest BCUT2D eigenvalue weighted by Crippen LogP contribution is 2.48. The number of rotatable bonds is 8. The van der Waals surface area contributed by atoms with E-state index in [0.717, 1.165) is 107 Å². The second-order valence-corrected chi connectivity index (χ2v) is 14.2. The normalized spacial score (nSPS) is 16.8. The summed E-state index contributed by atoms with van der Waals surface area (Å²) in [6, 6.07) is 13.2. The molecule has 5 aliphatic rings. The molecule has 0 atom stereocenters. The molecule has 0 saturated heterocycles. The number of benzene rings is 3. The van der Waals surface area contributed by atoms with Crippen molar-refractivity contribution < 1.29 is 32.6 Å². The van der Waals surface area contributed by atoms with Crippen LogP contribution in [0.3, 0.4) is 0 Å². The molecule has 0 spiro atoms. The Balaban J connectivity index is 0.000000529. The lowest BCUT2D eigenvalue weighted by Crippen LogP contribution is -2.45. The fraction of sp³-hybridized carbons (Fsp3) is 0.475. The Kier molecular flexibility index (Phi) is 10.1. The highest BCUT2D eigenvalue weighted by atomic mass is 19.4. The number of nitrogens with zero attached hydrogens (tertiary/aromatic N) is 2. The van der Waals surface area contributed by atoms with Gasteiger partial charge in [-0.1, -0.05) is 25.0 Å². The third kappa shape index (κ3) is 6.97. The number of nitrogens with one attached hydrogen (secondary N) is 1. The van der Waals surface area contributed by atoms with Crippen LogP contribution in [0.1, 0.15) is 95.1 Å².